The van der Waals surface area contributed by atoms with Crippen molar-refractivity contribution < 1.29 is 14.6 Å². The predicted octanol–water partition coefficient (Wildman–Crippen LogP) is 2.96. The second-order valence-corrected chi connectivity index (χ2v) is 4.18. The molecule has 3 nitrogen and oxygen atoms in total. The maximum atomic E-state index is 11.3. The molecule has 0 aromatic heterocycles. The Morgan fingerprint density at radius 1 is 1.37 bits per heavy atom. The molecule has 0 aliphatic rings. The molecule has 0 saturated carbocycles. The predicted molar refractivity (Wildman–Crippen MR) is 76.5 cm³/mol. The third-order valence-corrected chi connectivity index (χ3v) is 2.57. The number of carbonyl (C=O) groups is 1. The second kappa shape index (κ2) is 8.27. The minimum Gasteiger partial charge on any atom is -0.463 e. The van der Waals surface area contributed by atoms with Crippen LogP contribution < -0.4 is 0 Å². The molecule has 1 atom stereocenters. The van der Waals surface area contributed by atoms with Gasteiger partial charge in [-0.15, -0.1) is 0 Å². The molecule has 1 unspecified atom stereocenters. The van der Waals surface area contributed by atoms with Crippen molar-refractivity contribution in [2.75, 3.05) is 6.61 Å². The molecule has 19 heavy (non-hydrogen) atoms. The van der Waals surface area contributed by atoms with Crippen molar-refractivity contribution in [3.63, 3.8) is 0 Å². The van der Waals surface area contributed by atoms with E-state index in [9.17, 15) is 9.90 Å². The molecule has 1 aromatic rings. The van der Waals surface area contributed by atoms with Gasteiger partial charge in [0.15, 0.2) is 0 Å². The maximum absolute atomic E-state index is 11.3. The van der Waals surface area contributed by atoms with Gasteiger partial charge >= 0.3 is 5.97 Å². The quantitative estimate of drug-likeness (QED) is 0.632. The average Bonchev–Trinajstić information content (AvgIpc) is 2.43. The lowest BCUT2D eigenvalue weighted by atomic mass is 10.1. The normalized spacial score (nSPS) is 13.5. The number of carbonyl (C=O) groups excluding carboxylic acids is 1. The zero-order valence-electron chi connectivity index (χ0n) is 11.4. The van der Waals surface area contributed by atoms with Crippen LogP contribution in [0.25, 0.3) is 6.08 Å². The van der Waals surface area contributed by atoms with Gasteiger partial charge in [-0.3, -0.25) is 0 Å². The fourth-order valence-corrected chi connectivity index (χ4v) is 1.49. The summed E-state index contributed by atoms with van der Waals surface area (Å²) in [6.07, 6.45) is 5.05. The fourth-order valence-electron chi connectivity index (χ4n) is 1.49. The summed E-state index contributed by atoms with van der Waals surface area (Å²) in [5.74, 6) is -0.332. The maximum Gasteiger partial charge on any atom is 0.333 e. The number of ether oxygens (including phenoxy) is 1. The third kappa shape index (κ3) is 6.02. The summed E-state index contributed by atoms with van der Waals surface area (Å²) in [6, 6.07) is 9.75. The SMILES string of the molecule is CCOC(=O)/C(C)=C/CC(O)/C=C/c1ccccc1. The lowest BCUT2D eigenvalue weighted by molar-refractivity contribution is -0.138. The first-order valence-corrected chi connectivity index (χ1v) is 6.38. The Morgan fingerprint density at radius 2 is 2.05 bits per heavy atom. The van der Waals surface area contributed by atoms with Crippen molar-refractivity contribution in [3.8, 4) is 0 Å². The zero-order valence-corrected chi connectivity index (χ0v) is 11.4. The van der Waals surface area contributed by atoms with Gasteiger partial charge in [0.05, 0.1) is 12.7 Å². The van der Waals surface area contributed by atoms with Gasteiger partial charge in [0, 0.05) is 5.57 Å². The highest BCUT2D eigenvalue weighted by molar-refractivity contribution is 5.87. The van der Waals surface area contributed by atoms with E-state index in [-0.39, 0.29) is 5.97 Å². The largest absolute Gasteiger partial charge is 0.463 e. The van der Waals surface area contributed by atoms with Gasteiger partial charge in [-0.05, 0) is 25.8 Å². The van der Waals surface area contributed by atoms with Gasteiger partial charge in [-0.1, -0.05) is 48.6 Å². The van der Waals surface area contributed by atoms with Gasteiger partial charge in [0.2, 0.25) is 0 Å². The van der Waals surface area contributed by atoms with E-state index in [0.717, 1.165) is 5.56 Å². The first-order valence-electron chi connectivity index (χ1n) is 6.38. The zero-order chi connectivity index (χ0) is 14.1. The van der Waals surface area contributed by atoms with Gasteiger partial charge < -0.3 is 9.84 Å². The van der Waals surface area contributed by atoms with E-state index in [1.54, 1.807) is 26.0 Å². The highest BCUT2D eigenvalue weighted by Crippen LogP contribution is 2.06. The van der Waals surface area contributed by atoms with E-state index >= 15 is 0 Å². The molecule has 1 rings (SSSR count). The van der Waals surface area contributed by atoms with Crippen molar-refractivity contribution in [1.29, 1.82) is 0 Å². The van der Waals surface area contributed by atoms with E-state index < -0.39 is 6.10 Å². The van der Waals surface area contributed by atoms with Gasteiger partial charge in [0.1, 0.15) is 0 Å². The van der Waals surface area contributed by atoms with E-state index in [4.69, 9.17) is 4.74 Å². The topological polar surface area (TPSA) is 46.5 Å². The minimum atomic E-state index is -0.607. The molecule has 0 amide bonds. The Labute approximate surface area is 114 Å². The molecular weight excluding hydrogens is 240 g/mol. The van der Waals surface area contributed by atoms with Crippen LogP contribution in [-0.2, 0) is 9.53 Å². The Kier molecular flexibility index (Phi) is 6.61. The molecule has 1 aromatic carbocycles. The minimum absolute atomic E-state index is 0.332. The van der Waals surface area contributed by atoms with Crippen LogP contribution in [0.2, 0.25) is 0 Å². The Balaban J connectivity index is 2.47. The standard InChI is InChI=1S/C16H20O3/c1-3-19-16(18)13(2)9-11-15(17)12-10-14-7-5-4-6-8-14/h4-10,12,15,17H,3,11H2,1-2H3/b12-10+,13-9+. The van der Waals surface area contributed by atoms with Gasteiger partial charge in [-0.25, -0.2) is 4.79 Å². The number of aliphatic hydroxyl groups excluding tert-OH is 1. The Morgan fingerprint density at radius 3 is 2.68 bits per heavy atom. The summed E-state index contributed by atoms with van der Waals surface area (Å²) in [5.41, 5.74) is 1.56. The molecule has 0 spiro atoms. The second-order valence-electron chi connectivity index (χ2n) is 4.18. The number of benzene rings is 1. The molecule has 3 heteroatoms. The monoisotopic (exact) mass is 260 g/mol. The number of aliphatic hydroxyl groups is 1. The Bertz CT molecular complexity index is 446. The van der Waals surface area contributed by atoms with E-state index in [1.165, 1.54) is 0 Å². The third-order valence-electron chi connectivity index (χ3n) is 2.57. The van der Waals surface area contributed by atoms with Crippen LogP contribution in [0, 0.1) is 0 Å². The number of rotatable bonds is 6. The summed E-state index contributed by atoms with van der Waals surface area (Å²) >= 11 is 0. The molecule has 0 aliphatic heterocycles. The lowest BCUT2D eigenvalue weighted by Gasteiger charge is -2.04. The molecular formula is C16H20O3. The van der Waals surface area contributed by atoms with E-state index in [1.807, 2.05) is 36.4 Å². The van der Waals surface area contributed by atoms with Crippen LogP contribution >= 0.6 is 0 Å². The first kappa shape index (κ1) is 15.2. The molecule has 0 saturated heterocycles. The summed E-state index contributed by atoms with van der Waals surface area (Å²) < 4.78 is 4.86. The molecule has 0 aliphatic carbocycles. The summed E-state index contributed by atoms with van der Waals surface area (Å²) in [4.78, 5) is 11.3. The van der Waals surface area contributed by atoms with Gasteiger partial charge in [-0.2, -0.15) is 0 Å². The molecule has 0 radical (unpaired) electrons. The van der Waals surface area contributed by atoms with Crippen LogP contribution in [0.3, 0.4) is 0 Å². The molecule has 102 valence electrons. The van der Waals surface area contributed by atoms with Crippen LogP contribution in [0.15, 0.2) is 48.1 Å². The smallest absolute Gasteiger partial charge is 0.333 e. The Hall–Kier alpha value is -1.87. The lowest BCUT2D eigenvalue weighted by Crippen LogP contribution is -2.07. The number of hydrogen-bond donors (Lipinski definition) is 1. The molecule has 0 bridgehead atoms. The van der Waals surface area contributed by atoms with Crippen molar-refractivity contribution in [2.24, 2.45) is 0 Å². The first-order chi connectivity index (χ1) is 9.13. The van der Waals surface area contributed by atoms with Crippen LogP contribution in [-0.4, -0.2) is 23.8 Å². The molecule has 0 fully saturated rings. The van der Waals surface area contributed by atoms with Crippen molar-refractivity contribution in [3.05, 3.63) is 53.6 Å². The van der Waals surface area contributed by atoms with Crippen molar-refractivity contribution in [1.82, 2.24) is 0 Å². The number of esters is 1. The molecule has 0 heterocycles. The average molecular weight is 260 g/mol. The molecule has 1 N–H and O–H groups in total. The summed E-state index contributed by atoms with van der Waals surface area (Å²) in [6.45, 7) is 3.81. The van der Waals surface area contributed by atoms with Crippen molar-refractivity contribution >= 4 is 12.0 Å². The summed E-state index contributed by atoms with van der Waals surface area (Å²) in [5, 5.41) is 9.79. The summed E-state index contributed by atoms with van der Waals surface area (Å²) in [7, 11) is 0. The highest BCUT2D eigenvalue weighted by Gasteiger charge is 2.05. The van der Waals surface area contributed by atoms with Crippen molar-refractivity contribution in [2.45, 2.75) is 26.4 Å². The van der Waals surface area contributed by atoms with Crippen LogP contribution in [0.5, 0.6) is 0 Å². The highest BCUT2D eigenvalue weighted by atomic mass is 16.5. The van der Waals surface area contributed by atoms with Gasteiger partial charge in [0.25, 0.3) is 0 Å². The van der Waals surface area contributed by atoms with Crippen LogP contribution in [0.4, 0.5) is 0 Å². The fraction of sp³-hybridized carbons (Fsp3) is 0.312. The van der Waals surface area contributed by atoms with E-state index in [2.05, 4.69) is 0 Å². The number of hydrogen-bond acceptors (Lipinski definition) is 3. The van der Waals surface area contributed by atoms with Crippen LogP contribution in [0.1, 0.15) is 25.8 Å². The van der Waals surface area contributed by atoms with E-state index in [0.29, 0.717) is 18.6 Å².